The molecule has 7 atom stereocenters. The summed E-state index contributed by atoms with van der Waals surface area (Å²) in [6.07, 6.45) is -5.22. The van der Waals surface area contributed by atoms with Gasteiger partial charge in [0.2, 0.25) is 0 Å². The number of phenols is 4. The van der Waals surface area contributed by atoms with E-state index in [0.717, 1.165) is 0 Å². The molecule has 2 aliphatic rings. The van der Waals surface area contributed by atoms with Crippen LogP contribution in [0.4, 0.5) is 0 Å². The highest BCUT2D eigenvalue weighted by atomic mass is 16.7. The van der Waals surface area contributed by atoms with Crippen molar-refractivity contribution in [3.05, 3.63) is 29.3 Å². The van der Waals surface area contributed by atoms with Gasteiger partial charge in [0.15, 0.2) is 6.29 Å². The van der Waals surface area contributed by atoms with E-state index in [4.69, 9.17) is 19.9 Å². The topological polar surface area (TPSA) is 195 Å². The van der Waals surface area contributed by atoms with Crippen LogP contribution in [0, 0.1) is 0 Å². The van der Waals surface area contributed by atoms with Crippen molar-refractivity contribution >= 4 is 21.5 Å². The molecule has 3 aromatic carbocycles. The fourth-order valence-corrected chi connectivity index (χ4v) is 5.77. The highest BCUT2D eigenvalue weighted by molar-refractivity contribution is 6.17. The number of nitrogens with two attached hydrogens (primary N) is 1. The van der Waals surface area contributed by atoms with Crippen molar-refractivity contribution in [2.24, 2.45) is 5.73 Å². The molecule has 0 spiro atoms. The first kappa shape index (κ1) is 26.5. The van der Waals surface area contributed by atoms with Gasteiger partial charge in [0.1, 0.15) is 28.7 Å². The Balaban J connectivity index is 1.76. The van der Waals surface area contributed by atoms with E-state index < -0.39 is 65.3 Å². The molecule has 0 saturated carbocycles. The van der Waals surface area contributed by atoms with Gasteiger partial charge in [-0.2, -0.15) is 0 Å². The quantitative estimate of drug-likeness (QED) is 0.180. The maximum Gasteiger partial charge on any atom is 0.160 e. The van der Waals surface area contributed by atoms with Crippen LogP contribution in [0.2, 0.25) is 0 Å². The van der Waals surface area contributed by atoms with Gasteiger partial charge in [0, 0.05) is 41.8 Å². The number of fused-ring (bicyclic) bond motifs is 3. The second-order valence-electron chi connectivity index (χ2n) is 10.4. The van der Waals surface area contributed by atoms with E-state index in [1.165, 1.54) is 20.1 Å². The first-order chi connectivity index (χ1) is 17.9. The van der Waals surface area contributed by atoms with Gasteiger partial charge in [-0.15, -0.1) is 0 Å². The summed E-state index contributed by atoms with van der Waals surface area (Å²) in [7, 11) is 1.40. The van der Waals surface area contributed by atoms with E-state index in [1.807, 2.05) is 0 Å². The minimum atomic E-state index is -1.77. The summed E-state index contributed by atoms with van der Waals surface area (Å²) < 4.78 is 17.3. The smallest absolute Gasteiger partial charge is 0.160 e. The van der Waals surface area contributed by atoms with Gasteiger partial charge in [-0.1, -0.05) is 12.1 Å². The molecular weight excluding hydrogens is 498 g/mol. The summed E-state index contributed by atoms with van der Waals surface area (Å²) in [5.41, 5.74) is 4.39. The molecule has 0 amide bonds. The summed E-state index contributed by atoms with van der Waals surface area (Å²) in [4.78, 5) is 0. The van der Waals surface area contributed by atoms with Crippen LogP contribution in [0.25, 0.3) is 21.5 Å². The lowest BCUT2D eigenvalue weighted by Crippen LogP contribution is -2.53. The zero-order valence-electron chi connectivity index (χ0n) is 21.3. The lowest BCUT2D eigenvalue weighted by molar-refractivity contribution is -0.250. The molecule has 3 aromatic rings. The van der Waals surface area contributed by atoms with Crippen LogP contribution < -0.4 is 10.5 Å². The highest BCUT2D eigenvalue weighted by Crippen LogP contribution is 2.57. The van der Waals surface area contributed by atoms with Crippen molar-refractivity contribution in [3.63, 3.8) is 0 Å². The van der Waals surface area contributed by atoms with Crippen LogP contribution in [0.5, 0.6) is 28.7 Å². The Hall–Kier alpha value is -3.06. The third-order valence-corrected chi connectivity index (χ3v) is 7.99. The van der Waals surface area contributed by atoms with Gasteiger partial charge in [0.25, 0.3) is 0 Å². The van der Waals surface area contributed by atoms with Gasteiger partial charge >= 0.3 is 0 Å². The monoisotopic (exact) mass is 531 g/mol. The summed E-state index contributed by atoms with van der Waals surface area (Å²) in [6.45, 7) is 3.03. The third-order valence-electron chi connectivity index (χ3n) is 7.99. The number of hydrogen-bond donors (Lipinski definition) is 8. The third kappa shape index (κ3) is 3.89. The second-order valence-corrected chi connectivity index (χ2v) is 10.4. The van der Waals surface area contributed by atoms with E-state index in [1.54, 1.807) is 19.1 Å². The minimum Gasteiger partial charge on any atom is -0.507 e. The molecule has 1 fully saturated rings. The molecule has 1 aliphatic heterocycles. The Morgan fingerprint density at radius 2 is 1.74 bits per heavy atom. The number of hydrogen-bond acceptors (Lipinski definition) is 11. The highest BCUT2D eigenvalue weighted by Gasteiger charge is 2.47. The number of ether oxygens (including phenoxy) is 3. The van der Waals surface area contributed by atoms with Gasteiger partial charge in [-0.25, -0.2) is 0 Å². The lowest BCUT2D eigenvalue weighted by Gasteiger charge is -2.43. The Bertz CT molecular complexity index is 1400. The van der Waals surface area contributed by atoms with Crippen molar-refractivity contribution in [2.45, 2.75) is 75.5 Å². The zero-order chi connectivity index (χ0) is 27.7. The Morgan fingerprint density at radius 1 is 1.05 bits per heavy atom. The van der Waals surface area contributed by atoms with Crippen LogP contribution in [0.3, 0.4) is 0 Å². The SMILES string of the molecule is COc1cccc2c(O)c3c(O)c4c(c(O)c3c(O)c12)[C@@H](O[C@H]1C[C@H](N)[C@H](O)[C@@H](C)O1)C[C@](O)([C@H](C)O)C4. The van der Waals surface area contributed by atoms with Crippen LogP contribution in [-0.2, 0) is 15.9 Å². The first-order valence-electron chi connectivity index (χ1n) is 12.5. The molecule has 38 heavy (non-hydrogen) atoms. The number of aliphatic hydroxyl groups is 3. The van der Waals surface area contributed by atoms with Crippen molar-refractivity contribution in [1.29, 1.82) is 0 Å². The van der Waals surface area contributed by atoms with E-state index in [2.05, 4.69) is 0 Å². The minimum absolute atomic E-state index is 0.0415. The maximum absolute atomic E-state index is 11.6. The number of methoxy groups -OCH3 is 1. The first-order valence-corrected chi connectivity index (χ1v) is 12.5. The molecule has 206 valence electrons. The molecule has 0 aromatic heterocycles. The molecule has 11 heteroatoms. The van der Waals surface area contributed by atoms with Crippen molar-refractivity contribution < 1.29 is 50.0 Å². The summed E-state index contributed by atoms with van der Waals surface area (Å²) in [5.74, 6) is -1.55. The largest absolute Gasteiger partial charge is 0.507 e. The predicted molar refractivity (Wildman–Crippen MR) is 136 cm³/mol. The number of benzene rings is 3. The standard InChI is InChI=1S/C27H33NO10/c1-10-22(30)14(28)7-17(37-10)38-16-9-27(35,11(2)29)8-13-19(16)26(34)21-20(24(13)32)23(31)12-5-4-6-15(36-3)18(12)25(21)33/h4-6,10-11,14,16-17,22,29-35H,7-9,28H2,1-3H3/t10-,11+,14+,16+,17+,22-,27+/m1/s1. The summed E-state index contributed by atoms with van der Waals surface area (Å²) in [5, 5.41) is 77.2. The molecule has 5 rings (SSSR count). The molecule has 0 unspecified atom stereocenters. The zero-order valence-corrected chi connectivity index (χ0v) is 21.3. The van der Waals surface area contributed by atoms with Gasteiger partial charge in [0.05, 0.1) is 53.3 Å². The fourth-order valence-electron chi connectivity index (χ4n) is 5.77. The van der Waals surface area contributed by atoms with E-state index >= 15 is 0 Å². The molecule has 0 radical (unpaired) electrons. The van der Waals surface area contributed by atoms with E-state index in [0.29, 0.717) is 0 Å². The molecule has 1 saturated heterocycles. The number of aromatic hydroxyl groups is 4. The van der Waals surface area contributed by atoms with Crippen molar-refractivity contribution in [1.82, 2.24) is 0 Å². The average Bonchev–Trinajstić information content (AvgIpc) is 2.87. The van der Waals surface area contributed by atoms with Gasteiger partial charge in [-0.05, 0) is 19.9 Å². The second kappa shape index (κ2) is 9.30. The maximum atomic E-state index is 11.6. The number of aliphatic hydroxyl groups excluding tert-OH is 2. The van der Waals surface area contributed by atoms with Crippen molar-refractivity contribution in [3.8, 4) is 28.7 Å². The molecule has 1 aliphatic carbocycles. The van der Waals surface area contributed by atoms with E-state index in [9.17, 15) is 35.7 Å². The van der Waals surface area contributed by atoms with Crippen LogP contribution in [-0.4, -0.2) is 79.1 Å². The van der Waals surface area contributed by atoms with Crippen LogP contribution in [0.15, 0.2) is 18.2 Å². The Labute approximate surface area is 218 Å². The normalized spacial score (nSPS) is 30.3. The van der Waals surface area contributed by atoms with Gasteiger partial charge in [-0.3, -0.25) is 0 Å². The van der Waals surface area contributed by atoms with E-state index in [-0.39, 0.29) is 57.7 Å². The Morgan fingerprint density at radius 3 is 2.37 bits per heavy atom. The Kier molecular flexibility index (Phi) is 6.49. The van der Waals surface area contributed by atoms with Crippen LogP contribution >= 0.6 is 0 Å². The molecular formula is C27H33NO10. The molecule has 1 heterocycles. The molecule has 0 bridgehead atoms. The summed E-state index contributed by atoms with van der Waals surface area (Å²) >= 11 is 0. The molecule has 11 nitrogen and oxygen atoms in total. The number of phenolic OH excluding ortho intramolecular Hbond substituents is 4. The predicted octanol–water partition coefficient (Wildman–Crippen LogP) is 1.76. The molecule has 9 N–H and O–H groups in total. The number of rotatable bonds is 4. The van der Waals surface area contributed by atoms with Gasteiger partial charge < -0.3 is 55.7 Å². The summed E-state index contributed by atoms with van der Waals surface area (Å²) in [6, 6.07) is 4.06. The average molecular weight is 532 g/mol. The van der Waals surface area contributed by atoms with Crippen molar-refractivity contribution in [2.75, 3.05) is 7.11 Å². The lowest BCUT2D eigenvalue weighted by atomic mass is 9.74. The van der Waals surface area contributed by atoms with Crippen LogP contribution in [0.1, 0.15) is 43.9 Å². The fraction of sp³-hybridized carbons (Fsp3) is 0.481.